The summed E-state index contributed by atoms with van der Waals surface area (Å²) in [6, 6.07) is 3.85. The molecule has 0 saturated heterocycles. The molecule has 1 saturated carbocycles. The maximum absolute atomic E-state index is 14.7. The molecular formula is C25H29F5. The van der Waals surface area contributed by atoms with Gasteiger partial charge in [-0.1, -0.05) is 51.5 Å². The second-order valence-electron chi connectivity index (χ2n) is 8.54. The lowest BCUT2D eigenvalue weighted by molar-refractivity contribution is 0.301. The molecule has 3 rings (SSSR count). The average molecular weight is 424 g/mol. The quantitative estimate of drug-likeness (QED) is 0.293. The Morgan fingerprint density at radius 1 is 0.900 bits per heavy atom. The number of rotatable bonds is 8. The lowest BCUT2D eigenvalue weighted by Gasteiger charge is -2.29. The van der Waals surface area contributed by atoms with Crippen molar-refractivity contribution in [3.63, 3.8) is 0 Å². The van der Waals surface area contributed by atoms with Crippen LogP contribution >= 0.6 is 0 Å². The molecule has 0 spiro atoms. The highest BCUT2D eigenvalue weighted by Gasteiger charge is 2.24. The molecule has 1 fully saturated rings. The standard InChI is InChI=1S/C25H29F5/c1-2-3-4-5-6-7-16-8-10-17(11-9-16)18-12-19-14-21(26)20(15-23(28)29)25(30)24(19)22(27)13-18/h12-17H,2-11H2,1H3. The van der Waals surface area contributed by atoms with Crippen molar-refractivity contribution in [1.82, 2.24) is 0 Å². The Kier molecular flexibility index (Phi) is 7.90. The summed E-state index contributed by atoms with van der Waals surface area (Å²) in [4.78, 5) is 0. The minimum atomic E-state index is -2.23. The normalized spacial score (nSPS) is 19.3. The van der Waals surface area contributed by atoms with Gasteiger partial charge in [-0.25, -0.2) is 13.2 Å². The van der Waals surface area contributed by atoms with E-state index in [0.717, 1.165) is 37.3 Å². The Morgan fingerprint density at radius 3 is 2.27 bits per heavy atom. The molecule has 5 heteroatoms. The third-order valence-corrected chi connectivity index (χ3v) is 6.43. The fourth-order valence-electron chi connectivity index (χ4n) is 4.75. The van der Waals surface area contributed by atoms with Gasteiger partial charge in [0.25, 0.3) is 6.08 Å². The topological polar surface area (TPSA) is 0 Å². The zero-order valence-electron chi connectivity index (χ0n) is 17.4. The maximum atomic E-state index is 14.7. The molecule has 1 aliphatic rings. The highest BCUT2D eigenvalue weighted by Crippen LogP contribution is 2.40. The SMILES string of the molecule is CCCCCCCC1CCC(c2cc(F)c3c(F)c(C=C(F)F)c(F)cc3c2)CC1. The van der Waals surface area contributed by atoms with E-state index in [4.69, 9.17) is 0 Å². The second-order valence-corrected chi connectivity index (χ2v) is 8.54. The van der Waals surface area contributed by atoms with Crippen LogP contribution in [0.4, 0.5) is 22.0 Å². The van der Waals surface area contributed by atoms with E-state index in [-0.39, 0.29) is 17.4 Å². The van der Waals surface area contributed by atoms with Gasteiger partial charge in [0.05, 0.1) is 10.9 Å². The van der Waals surface area contributed by atoms with Gasteiger partial charge in [0.2, 0.25) is 0 Å². The summed E-state index contributed by atoms with van der Waals surface area (Å²) in [5.41, 5.74) is -0.172. The zero-order valence-corrected chi connectivity index (χ0v) is 17.4. The van der Waals surface area contributed by atoms with E-state index in [0.29, 0.717) is 5.92 Å². The predicted octanol–water partition coefficient (Wildman–Crippen LogP) is 9.13. The molecular weight excluding hydrogens is 395 g/mol. The van der Waals surface area contributed by atoms with Crippen LogP contribution in [0.1, 0.15) is 88.2 Å². The number of hydrogen-bond donors (Lipinski definition) is 0. The van der Waals surface area contributed by atoms with Crippen LogP contribution in [0.2, 0.25) is 0 Å². The molecule has 0 unspecified atom stereocenters. The monoisotopic (exact) mass is 424 g/mol. The minimum absolute atomic E-state index is 0.0782. The van der Waals surface area contributed by atoms with Crippen molar-refractivity contribution in [3.8, 4) is 0 Å². The number of hydrogen-bond acceptors (Lipinski definition) is 0. The first-order chi connectivity index (χ1) is 14.4. The van der Waals surface area contributed by atoms with Crippen molar-refractivity contribution in [3.05, 3.63) is 52.9 Å². The molecule has 30 heavy (non-hydrogen) atoms. The van der Waals surface area contributed by atoms with E-state index in [2.05, 4.69) is 6.92 Å². The molecule has 1 aliphatic carbocycles. The van der Waals surface area contributed by atoms with Crippen molar-refractivity contribution >= 4 is 16.8 Å². The van der Waals surface area contributed by atoms with Gasteiger partial charge in [0.1, 0.15) is 17.5 Å². The highest BCUT2D eigenvalue weighted by molar-refractivity contribution is 5.87. The molecule has 0 nitrogen and oxygen atoms in total. The lowest BCUT2D eigenvalue weighted by atomic mass is 9.76. The Bertz CT molecular complexity index is 890. The van der Waals surface area contributed by atoms with E-state index in [9.17, 15) is 22.0 Å². The van der Waals surface area contributed by atoms with E-state index < -0.39 is 34.5 Å². The summed E-state index contributed by atoms with van der Waals surface area (Å²) in [6.45, 7) is 2.21. The van der Waals surface area contributed by atoms with Crippen LogP contribution in [0.3, 0.4) is 0 Å². The van der Waals surface area contributed by atoms with Crippen molar-refractivity contribution in [2.24, 2.45) is 5.92 Å². The summed E-state index contributed by atoms with van der Waals surface area (Å²) in [6.07, 6.45) is 9.51. The first-order valence-electron chi connectivity index (χ1n) is 11.0. The van der Waals surface area contributed by atoms with Crippen LogP contribution in [-0.4, -0.2) is 0 Å². The molecule has 0 aliphatic heterocycles. The third kappa shape index (κ3) is 5.41. The smallest absolute Gasteiger partial charge is 0.206 e. The highest BCUT2D eigenvalue weighted by atomic mass is 19.3. The van der Waals surface area contributed by atoms with Crippen LogP contribution in [0.15, 0.2) is 24.3 Å². The molecule has 0 N–H and O–H groups in total. The molecule has 0 radical (unpaired) electrons. The predicted molar refractivity (Wildman–Crippen MR) is 112 cm³/mol. The van der Waals surface area contributed by atoms with Gasteiger partial charge in [-0.3, -0.25) is 0 Å². The molecule has 0 heterocycles. The van der Waals surface area contributed by atoms with Gasteiger partial charge in [-0.05, 0) is 60.6 Å². The molecule has 2 aromatic rings. The van der Waals surface area contributed by atoms with Gasteiger partial charge in [0, 0.05) is 6.08 Å². The number of unbranched alkanes of at least 4 members (excludes halogenated alkanes) is 4. The number of benzene rings is 2. The van der Waals surface area contributed by atoms with Crippen molar-refractivity contribution in [2.75, 3.05) is 0 Å². The molecule has 164 valence electrons. The summed E-state index contributed by atoms with van der Waals surface area (Å²) < 4.78 is 68.3. The summed E-state index contributed by atoms with van der Waals surface area (Å²) in [7, 11) is 0. The Labute approximate surface area is 175 Å². The molecule has 0 amide bonds. The molecule has 0 aromatic heterocycles. The fourth-order valence-corrected chi connectivity index (χ4v) is 4.75. The van der Waals surface area contributed by atoms with Crippen LogP contribution < -0.4 is 0 Å². The summed E-state index contributed by atoms with van der Waals surface area (Å²) in [5.74, 6) is -2.36. The van der Waals surface area contributed by atoms with Gasteiger partial charge >= 0.3 is 0 Å². The van der Waals surface area contributed by atoms with Gasteiger partial charge in [0.15, 0.2) is 0 Å². The van der Waals surface area contributed by atoms with Gasteiger partial charge < -0.3 is 0 Å². The Morgan fingerprint density at radius 2 is 1.60 bits per heavy atom. The maximum Gasteiger partial charge on any atom is 0.271 e. The van der Waals surface area contributed by atoms with Crippen LogP contribution in [0, 0.1) is 23.4 Å². The summed E-state index contributed by atoms with van der Waals surface area (Å²) >= 11 is 0. The van der Waals surface area contributed by atoms with Crippen LogP contribution in [-0.2, 0) is 0 Å². The summed E-state index contributed by atoms with van der Waals surface area (Å²) in [5, 5.41) is -0.358. The fraction of sp³-hybridized carbons (Fsp3) is 0.520. The molecule has 0 bridgehead atoms. The lowest BCUT2D eigenvalue weighted by Crippen LogP contribution is -2.13. The number of fused-ring (bicyclic) bond motifs is 1. The Balaban J connectivity index is 1.71. The van der Waals surface area contributed by atoms with E-state index in [1.807, 2.05) is 0 Å². The molecule has 0 atom stereocenters. The van der Waals surface area contributed by atoms with E-state index in [1.54, 1.807) is 6.07 Å². The average Bonchev–Trinajstić information content (AvgIpc) is 2.70. The van der Waals surface area contributed by atoms with Crippen molar-refractivity contribution < 1.29 is 22.0 Å². The van der Waals surface area contributed by atoms with Gasteiger partial charge in [-0.15, -0.1) is 0 Å². The molecule has 2 aromatic carbocycles. The zero-order chi connectivity index (χ0) is 21.7. The third-order valence-electron chi connectivity index (χ3n) is 6.43. The Hall–Kier alpha value is -1.91. The van der Waals surface area contributed by atoms with E-state index in [1.165, 1.54) is 44.6 Å². The number of halogens is 5. The first kappa shape index (κ1) is 22.8. The van der Waals surface area contributed by atoms with E-state index >= 15 is 0 Å². The largest absolute Gasteiger partial charge is 0.271 e. The van der Waals surface area contributed by atoms with Crippen LogP contribution in [0.5, 0.6) is 0 Å². The second kappa shape index (κ2) is 10.4. The minimum Gasteiger partial charge on any atom is -0.206 e. The van der Waals surface area contributed by atoms with Crippen molar-refractivity contribution in [2.45, 2.75) is 77.0 Å². The van der Waals surface area contributed by atoms with Gasteiger partial charge in [-0.2, -0.15) is 8.78 Å². The van der Waals surface area contributed by atoms with Crippen molar-refractivity contribution in [1.29, 1.82) is 0 Å². The first-order valence-corrected chi connectivity index (χ1v) is 11.0. The van der Waals surface area contributed by atoms with Crippen LogP contribution in [0.25, 0.3) is 16.8 Å².